The van der Waals surface area contributed by atoms with E-state index in [0.29, 0.717) is 18.0 Å². The molecule has 154 valence electrons. The Balaban J connectivity index is 1.45. The third kappa shape index (κ3) is 4.07. The molecule has 2 aliphatic rings. The SMILES string of the molecule is CSc1ccccc1CNC1C2CC2CNC1C(c1ccccc1)c1ccccc1. The molecule has 2 N–H and O–H groups in total. The van der Waals surface area contributed by atoms with E-state index in [0.717, 1.165) is 24.9 Å². The summed E-state index contributed by atoms with van der Waals surface area (Å²) in [7, 11) is 0. The van der Waals surface area contributed by atoms with Crippen LogP contribution in [-0.4, -0.2) is 24.9 Å². The highest BCUT2D eigenvalue weighted by Crippen LogP contribution is 2.47. The Labute approximate surface area is 184 Å². The molecule has 1 heterocycles. The van der Waals surface area contributed by atoms with E-state index in [-0.39, 0.29) is 0 Å². The minimum absolute atomic E-state index is 0.349. The molecule has 2 nitrogen and oxygen atoms in total. The van der Waals surface area contributed by atoms with Gasteiger partial charge in [-0.3, -0.25) is 0 Å². The van der Waals surface area contributed by atoms with E-state index in [1.165, 1.54) is 28.0 Å². The molecule has 1 aliphatic heterocycles. The number of rotatable bonds is 7. The average molecular weight is 415 g/mol. The number of benzene rings is 3. The summed E-state index contributed by atoms with van der Waals surface area (Å²) in [5.41, 5.74) is 4.20. The van der Waals surface area contributed by atoms with E-state index in [9.17, 15) is 0 Å². The van der Waals surface area contributed by atoms with Gasteiger partial charge in [0, 0.05) is 29.4 Å². The van der Waals surface area contributed by atoms with E-state index >= 15 is 0 Å². The molecular weight excluding hydrogens is 384 g/mol. The van der Waals surface area contributed by atoms with Gasteiger partial charge >= 0.3 is 0 Å². The zero-order chi connectivity index (χ0) is 20.3. The van der Waals surface area contributed by atoms with Gasteiger partial charge in [-0.1, -0.05) is 78.9 Å². The first kappa shape index (κ1) is 19.9. The smallest absolute Gasteiger partial charge is 0.0333 e. The van der Waals surface area contributed by atoms with Crippen LogP contribution in [0.15, 0.2) is 89.8 Å². The van der Waals surface area contributed by atoms with Gasteiger partial charge in [0.05, 0.1) is 0 Å². The first-order valence-electron chi connectivity index (χ1n) is 11.0. The zero-order valence-corrected chi connectivity index (χ0v) is 18.3. The summed E-state index contributed by atoms with van der Waals surface area (Å²) in [6, 6.07) is 31.7. The lowest BCUT2D eigenvalue weighted by atomic mass is 9.79. The molecule has 30 heavy (non-hydrogen) atoms. The highest BCUT2D eigenvalue weighted by Gasteiger charge is 2.51. The molecule has 5 rings (SSSR count). The van der Waals surface area contributed by atoms with Crippen LogP contribution in [0.5, 0.6) is 0 Å². The fourth-order valence-corrected chi connectivity index (χ4v) is 5.85. The topological polar surface area (TPSA) is 24.1 Å². The second-order valence-corrected chi connectivity index (χ2v) is 9.46. The van der Waals surface area contributed by atoms with Gasteiger partial charge in [-0.2, -0.15) is 0 Å². The Kier molecular flexibility index (Phi) is 5.94. The van der Waals surface area contributed by atoms with Crippen LogP contribution < -0.4 is 10.6 Å². The van der Waals surface area contributed by atoms with Crippen LogP contribution in [0.4, 0.5) is 0 Å². The van der Waals surface area contributed by atoms with Crippen LogP contribution in [0.2, 0.25) is 0 Å². The van der Waals surface area contributed by atoms with Gasteiger partial charge in [0.1, 0.15) is 0 Å². The van der Waals surface area contributed by atoms with Crippen LogP contribution in [0.3, 0.4) is 0 Å². The standard InChI is InChI=1S/C27H30N2S/c1-30-24-15-9-8-14-21(24)17-28-26-23-16-22(23)18-29-27(26)25(19-10-4-2-5-11-19)20-12-6-3-7-13-20/h2-15,22-23,25-29H,16-18H2,1H3. The summed E-state index contributed by atoms with van der Waals surface area (Å²) in [6.45, 7) is 2.07. The quantitative estimate of drug-likeness (QED) is 0.513. The lowest BCUT2D eigenvalue weighted by Crippen LogP contribution is -2.56. The van der Waals surface area contributed by atoms with Gasteiger partial charge in [-0.25, -0.2) is 0 Å². The second kappa shape index (κ2) is 8.97. The lowest BCUT2D eigenvalue weighted by molar-refractivity contribution is 0.265. The maximum absolute atomic E-state index is 4.00. The highest BCUT2D eigenvalue weighted by molar-refractivity contribution is 7.98. The number of hydrogen-bond donors (Lipinski definition) is 2. The van der Waals surface area contributed by atoms with Crippen molar-refractivity contribution < 1.29 is 0 Å². The average Bonchev–Trinajstić information content (AvgIpc) is 3.60. The molecular formula is C27H30N2S. The van der Waals surface area contributed by atoms with Gasteiger partial charge in [0.2, 0.25) is 0 Å². The minimum Gasteiger partial charge on any atom is -0.311 e. The molecule has 4 atom stereocenters. The first-order chi connectivity index (χ1) is 14.8. The van der Waals surface area contributed by atoms with Crippen LogP contribution in [0.25, 0.3) is 0 Å². The van der Waals surface area contributed by atoms with Gasteiger partial charge in [0.25, 0.3) is 0 Å². The number of nitrogens with one attached hydrogen (secondary N) is 2. The third-order valence-corrected chi connectivity index (χ3v) is 7.68. The molecule has 1 saturated heterocycles. The van der Waals surface area contributed by atoms with Crippen molar-refractivity contribution in [3.63, 3.8) is 0 Å². The van der Waals surface area contributed by atoms with E-state index < -0.39 is 0 Å². The Morgan fingerprint density at radius 3 is 2.20 bits per heavy atom. The number of thioether (sulfide) groups is 1. The lowest BCUT2D eigenvalue weighted by Gasteiger charge is -2.39. The van der Waals surface area contributed by atoms with Crippen molar-refractivity contribution in [2.45, 2.75) is 35.9 Å². The van der Waals surface area contributed by atoms with Crippen molar-refractivity contribution >= 4 is 11.8 Å². The summed E-state index contributed by atoms with van der Waals surface area (Å²) in [6.07, 6.45) is 3.52. The van der Waals surface area contributed by atoms with Crippen molar-refractivity contribution in [3.8, 4) is 0 Å². The number of hydrogen-bond acceptors (Lipinski definition) is 3. The monoisotopic (exact) mass is 414 g/mol. The fraction of sp³-hybridized carbons (Fsp3) is 0.333. The molecule has 3 aromatic carbocycles. The Bertz CT molecular complexity index is 919. The molecule has 0 spiro atoms. The molecule has 3 aromatic rings. The molecule has 0 radical (unpaired) electrons. The van der Waals surface area contributed by atoms with Crippen LogP contribution >= 0.6 is 11.8 Å². The summed E-state index contributed by atoms with van der Waals surface area (Å²) in [5.74, 6) is 1.97. The first-order valence-corrected chi connectivity index (χ1v) is 12.3. The number of piperidine rings is 1. The van der Waals surface area contributed by atoms with Gasteiger partial charge < -0.3 is 10.6 Å². The van der Waals surface area contributed by atoms with Crippen LogP contribution in [0.1, 0.15) is 29.0 Å². The summed E-state index contributed by atoms with van der Waals surface area (Å²) in [5, 5.41) is 7.95. The van der Waals surface area contributed by atoms with Crippen molar-refractivity contribution in [1.29, 1.82) is 0 Å². The molecule has 1 aliphatic carbocycles. The van der Waals surface area contributed by atoms with Crippen molar-refractivity contribution in [2.24, 2.45) is 11.8 Å². The number of fused-ring (bicyclic) bond motifs is 1. The Morgan fingerprint density at radius 2 is 1.53 bits per heavy atom. The molecule has 0 bridgehead atoms. The Hall–Kier alpha value is -2.07. The third-order valence-electron chi connectivity index (χ3n) is 6.84. The van der Waals surface area contributed by atoms with Gasteiger partial charge in [0.15, 0.2) is 0 Å². The molecule has 0 aromatic heterocycles. The fourth-order valence-electron chi connectivity index (χ4n) is 5.23. The normalized spacial score (nSPS) is 25.1. The van der Waals surface area contributed by atoms with Crippen molar-refractivity contribution in [3.05, 3.63) is 102 Å². The van der Waals surface area contributed by atoms with E-state index in [4.69, 9.17) is 0 Å². The van der Waals surface area contributed by atoms with Crippen molar-refractivity contribution in [1.82, 2.24) is 10.6 Å². The summed E-state index contributed by atoms with van der Waals surface area (Å²) in [4.78, 5) is 1.38. The highest BCUT2D eigenvalue weighted by atomic mass is 32.2. The molecule has 3 heteroatoms. The van der Waals surface area contributed by atoms with E-state index in [1.807, 2.05) is 11.8 Å². The predicted molar refractivity (Wildman–Crippen MR) is 127 cm³/mol. The summed E-state index contributed by atoms with van der Waals surface area (Å²) < 4.78 is 0. The maximum Gasteiger partial charge on any atom is 0.0333 e. The predicted octanol–water partition coefficient (Wildman–Crippen LogP) is 5.31. The Morgan fingerprint density at radius 1 is 0.900 bits per heavy atom. The van der Waals surface area contributed by atoms with Crippen molar-refractivity contribution in [2.75, 3.05) is 12.8 Å². The molecule has 2 fully saturated rings. The van der Waals surface area contributed by atoms with E-state index in [2.05, 4.69) is 102 Å². The molecule has 4 unspecified atom stereocenters. The van der Waals surface area contributed by atoms with Gasteiger partial charge in [-0.05, 0) is 53.8 Å². The van der Waals surface area contributed by atoms with E-state index in [1.54, 1.807) is 0 Å². The van der Waals surface area contributed by atoms with Crippen LogP contribution in [-0.2, 0) is 6.54 Å². The zero-order valence-electron chi connectivity index (χ0n) is 17.5. The van der Waals surface area contributed by atoms with Gasteiger partial charge in [-0.15, -0.1) is 11.8 Å². The second-order valence-electron chi connectivity index (χ2n) is 8.61. The van der Waals surface area contributed by atoms with Crippen LogP contribution in [0, 0.1) is 11.8 Å². The maximum atomic E-state index is 4.00. The minimum atomic E-state index is 0.349. The largest absolute Gasteiger partial charge is 0.311 e. The molecule has 1 saturated carbocycles. The summed E-state index contributed by atoms with van der Waals surface area (Å²) >= 11 is 1.84. The molecule has 0 amide bonds.